The Balaban J connectivity index is 0.00000200. The van der Waals surface area contributed by atoms with Crippen molar-refractivity contribution in [3.8, 4) is 0 Å². The summed E-state index contributed by atoms with van der Waals surface area (Å²) in [6.45, 7) is 4.50. The van der Waals surface area contributed by atoms with Crippen LogP contribution in [0.5, 0.6) is 0 Å². The van der Waals surface area contributed by atoms with Crippen molar-refractivity contribution in [2.24, 2.45) is 10.9 Å². The highest BCUT2D eigenvalue weighted by molar-refractivity contribution is 14.0. The van der Waals surface area contributed by atoms with Crippen molar-refractivity contribution in [1.82, 2.24) is 10.6 Å². The normalized spacial score (nSPS) is 22.6. The number of nitrogens with one attached hydrogen (secondary N) is 2. The van der Waals surface area contributed by atoms with Crippen molar-refractivity contribution in [2.75, 3.05) is 19.6 Å². The van der Waals surface area contributed by atoms with E-state index in [1.165, 1.54) is 25.7 Å². The second-order valence-electron chi connectivity index (χ2n) is 6.16. The first-order valence-electron chi connectivity index (χ1n) is 7.96. The Morgan fingerprint density at radius 2 is 1.85 bits per heavy atom. The molecule has 0 aliphatic heterocycles. The van der Waals surface area contributed by atoms with Crippen molar-refractivity contribution < 1.29 is 5.11 Å². The minimum absolute atomic E-state index is 0. The van der Waals surface area contributed by atoms with E-state index < -0.39 is 5.60 Å². The van der Waals surface area contributed by atoms with Gasteiger partial charge in [-0.05, 0) is 38.5 Å². The van der Waals surface area contributed by atoms with Crippen molar-refractivity contribution in [3.05, 3.63) is 0 Å². The van der Waals surface area contributed by atoms with E-state index in [-0.39, 0.29) is 24.0 Å². The van der Waals surface area contributed by atoms with Gasteiger partial charge in [0.25, 0.3) is 0 Å². The molecule has 20 heavy (non-hydrogen) atoms. The Bertz CT molecular complexity index is 299. The minimum atomic E-state index is -0.558. The molecule has 118 valence electrons. The average Bonchev–Trinajstić information content (AvgIpc) is 2.35. The molecule has 0 bridgehead atoms. The Labute approximate surface area is 140 Å². The van der Waals surface area contributed by atoms with Gasteiger partial charge in [0.15, 0.2) is 5.96 Å². The third-order valence-corrected chi connectivity index (χ3v) is 4.44. The topological polar surface area (TPSA) is 56.7 Å². The average molecular weight is 395 g/mol. The quantitative estimate of drug-likeness (QED) is 0.381. The molecule has 3 N–H and O–H groups in total. The molecule has 0 heterocycles. The van der Waals surface area contributed by atoms with Crippen LogP contribution >= 0.6 is 24.0 Å². The van der Waals surface area contributed by atoms with Gasteiger partial charge in [-0.15, -0.1) is 24.0 Å². The maximum Gasteiger partial charge on any atom is 0.191 e. The van der Waals surface area contributed by atoms with Crippen molar-refractivity contribution in [1.29, 1.82) is 0 Å². The Morgan fingerprint density at radius 3 is 2.40 bits per heavy atom. The number of hydrogen-bond acceptors (Lipinski definition) is 2. The molecular formula is C15H30IN3O. The van der Waals surface area contributed by atoms with E-state index >= 15 is 0 Å². The van der Waals surface area contributed by atoms with Gasteiger partial charge < -0.3 is 15.7 Å². The summed E-state index contributed by atoms with van der Waals surface area (Å²) in [4.78, 5) is 4.58. The van der Waals surface area contributed by atoms with Gasteiger partial charge in [-0.25, -0.2) is 0 Å². The van der Waals surface area contributed by atoms with E-state index in [9.17, 15) is 5.11 Å². The fourth-order valence-corrected chi connectivity index (χ4v) is 2.87. The number of hydrogen-bond donors (Lipinski definition) is 3. The van der Waals surface area contributed by atoms with Gasteiger partial charge in [0.2, 0.25) is 0 Å². The van der Waals surface area contributed by atoms with Crippen molar-refractivity contribution in [3.63, 3.8) is 0 Å². The Morgan fingerprint density at radius 1 is 1.15 bits per heavy atom. The van der Waals surface area contributed by atoms with Crippen LogP contribution in [0.1, 0.15) is 58.3 Å². The van der Waals surface area contributed by atoms with Gasteiger partial charge in [0, 0.05) is 13.1 Å². The fraction of sp³-hybridized carbons (Fsp3) is 0.933. The number of halogens is 1. The third-order valence-electron chi connectivity index (χ3n) is 4.44. The van der Waals surface area contributed by atoms with Crippen LogP contribution in [0.15, 0.2) is 4.99 Å². The molecule has 2 aliphatic carbocycles. The zero-order valence-corrected chi connectivity index (χ0v) is 15.0. The van der Waals surface area contributed by atoms with Crippen LogP contribution in [0.25, 0.3) is 0 Å². The monoisotopic (exact) mass is 395 g/mol. The highest BCUT2D eigenvalue weighted by Crippen LogP contribution is 2.28. The number of aliphatic imine (C=N–C) groups is 1. The molecule has 5 heteroatoms. The van der Waals surface area contributed by atoms with E-state index in [2.05, 4.69) is 22.5 Å². The predicted molar refractivity (Wildman–Crippen MR) is 94.8 cm³/mol. The highest BCUT2D eigenvalue weighted by atomic mass is 127. The van der Waals surface area contributed by atoms with Gasteiger partial charge in [-0.3, -0.25) is 4.99 Å². The lowest BCUT2D eigenvalue weighted by atomic mass is 9.85. The summed E-state index contributed by atoms with van der Waals surface area (Å²) in [5.41, 5.74) is -0.558. The molecule has 0 spiro atoms. The molecule has 2 saturated carbocycles. The molecule has 0 atom stereocenters. The summed E-state index contributed by atoms with van der Waals surface area (Å²) in [7, 11) is 0. The van der Waals surface area contributed by atoms with E-state index in [1.807, 2.05) is 0 Å². The zero-order valence-electron chi connectivity index (χ0n) is 12.7. The number of rotatable bonds is 5. The summed E-state index contributed by atoms with van der Waals surface area (Å²) in [6, 6.07) is 0. The number of guanidine groups is 1. The van der Waals surface area contributed by atoms with Crippen LogP contribution in [0.4, 0.5) is 0 Å². The molecule has 0 amide bonds. The van der Waals surface area contributed by atoms with Crippen LogP contribution < -0.4 is 10.6 Å². The van der Waals surface area contributed by atoms with Crippen molar-refractivity contribution >= 4 is 29.9 Å². The fourth-order valence-electron chi connectivity index (χ4n) is 2.87. The molecule has 0 aromatic heterocycles. The summed E-state index contributed by atoms with van der Waals surface area (Å²) >= 11 is 0. The molecule has 0 aromatic rings. The zero-order chi connectivity index (χ0) is 13.6. The molecular weight excluding hydrogens is 365 g/mol. The predicted octanol–water partition coefficient (Wildman–Crippen LogP) is 2.65. The molecule has 2 aliphatic rings. The molecule has 4 nitrogen and oxygen atoms in total. The van der Waals surface area contributed by atoms with E-state index in [1.54, 1.807) is 0 Å². The van der Waals surface area contributed by atoms with Gasteiger partial charge in [0.1, 0.15) is 0 Å². The molecule has 0 saturated heterocycles. The lowest BCUT2D eigenvalue weighted by molar-refractivity contribution is 0.0131. The first-order valence-corrected chi connectivity index (χ1v) is 7.96. The van der Waals surface area contributed by atoms with Gasteiger partial charge in [-0.1, -0.05) is 25.7 Å². The maximum absolute atomic E-state index is 10.5. The minimum Gasteiger partial charge on any atom is -0.388 e. The Kier molecular flexibility index (Phi) is 8.17. The standard InChI is InChI=1S/C15H29N3O.HI/c1-2-16-14(17-11-13-7-6-8-13)18-12-15(19)9-4-3-5-10-15;/h13,19H,2-12H2,1H3,(H2,16,17,18);1H. The first-order chi connectivity index (χ1) is 9.22. The molecule has 0 unspecified atom stereocenters. The van der Waals surface area contributed by atoms with Crippen LogP contribution in [0.2, 0.25) is 0 Å². The van der Waals surface area contributed by atoms with Crippen LogP contribution in [-0.4, -0.2) is 36.3 Å². The largest absolute Gasteiger partial charge is 0.388 e. The third kappa shape index (κ3) is 5.76. The van der Waals surface area contributed by atoms with Gasteiger partial charge in [-0.2, -0.15) is 0 Å². The smallest absolute Gasteiger partial charge is 0.191 e. The second-order valence-corrected chi connectivity index (χ2v) is 6.16. The van der Waals surface area contributed by atoms with Crippen molar-refractivity contribution in [2.45, 2.75) is 63.9 Å². The molecule has 2 fully saturated rings. The SMILES string of the molecule is CCNC(=NCC1(O)CCCCC1)NCC1CCC1.I. The highest BCUT2D eigenvalue weighted by Gasteiger charge is 2.28. The lowest BCUT2D eigenvalue weighted by Crippen LogP contribution is -2.43. The molecule has 0 aromatic carbocycles. The van der Waals surface area contributed by atoms with E-state index in [0.717, 1.165) is 50.7 Å². The van der Waals surface area contributed by atoms with Gasteiger partial charge >= 0.3 is 0 Å². The van der Waals surface area contributed by atoms with E-state index in [4.69, 9.17) is 0 Å². The lowest BCUT2D eigenvalue weighted by Gasteiger charge is -2.31. The van der Waals surface area contributed by atoms with Crippen LogP contribution in [0, 0.1) is 5.92 Å². The van der Waals surface area contributed by atoms with Crippen LogP contribution in [0.3, 0.4) is 0 Å². The second kappa shape index (κ2) is 9.07. The number of aliphatic hydroxyl groups is 1. The Hall–Kier alpha value is -0.0400. The first kappa shape index (κ1) is 18.0. The summed E-state index contributed by atoms with van der Waals surface area (Å²) in [6.07, 6.45) is 9.39. The molecule has 2 rings (SSSR count). The van der Waals surface area contributed by atoms with Gasteiger partial charge in [0.05, 0.1) is 12.1 Å². The summed E-state index contributed by atoms with van der Waals surface area (Å²) < 4.78 is 0. The van der Waals surface area contributed by atoms with E-state index in [0.29, 0.717) is 6.54 Å². The number of nitrogens with zero attached hydrogens (tertiary/aromatic N) is 1. The molecule has 0 radical (unpaired) electrons. The van der Waals surface area contributed by atoms with Crippen LogP contribution in [-0.2, 0) is 0 Å². The summed E-state index contributed by atoms with van der Waals surface area (Å²) in [5, 5.41) is 17.1. The summed E-state index contributed by atoms with van der Waals surface area (Å²) in [5.74, 6) is 1.69. The maximum atomic E-state index is 10.5.